The summed E-state index contributed by atoms with van der Waals surface area (Å²) in [4.78, 5) is 39.3. The molecule has 0 radical (unpaired) electrons. The van der Waals surface area contributed by atoms with Crippen LogP contribution in [0.3, 0.4) is 0 Å². The van der Waals surface area contributed by atoms with Crippen LogP contribution in [0.4, 0.5) is 18.9 Å². The Labute approximate surface area is 263 Å². The lowest BCUT2D eigenvalue weighted by atomic mass is 9.85. The van der Waals surface area contributed by atoms with Gasteiger partial charge in [0.15, 0.2) is 5.69 Å². The number of para-hydroxylation sites is 1. The van der Waals surface area contributed by atoms with Gasteiger partial charge in [-0.2, -0.15) is 5.10 Å². The number of carbonyl (C=O) groups is 2. The van der Waals surface area contributed by atoms with Gasteiger partial charge >= 0.3 is 5.69 Å². The number of fused-ring (bicyclic) bond motifs is 1. The lowest BCUT2D eigenvalue weighted by Gasteiger charge is -2.38. The monoisotopic (exact) mass is 641 g/mol. The summed E-state index contributed by atoms with van der Waals surface area (Å²) in [5.74, 6) is 5.55. The summed E-state index contributed by atoms with van der Waals surface area (Å²) in [6, 6.07) is 4.54. The molecule has 4 heterocycles. The number of aryl methyl sites for hydroxylation is 1. The van der Waals surface area contributed by atoms with E-state index in [1.807, 2.05) is 0 Å². The molecule has 0 bridgehead atoms. The number of nitrogens with one attached hydrogen (secondary N) is 1. The second-order valence-electron chi connectivity index (χ2n) is 12.5. The van der Waals surface area contributed by atoms with Crippen molar-refractivity contribution in [1.82, 2.24) is 29.1 Å². The molecular formula is C32H38F3N7O4. The smallest absolute Gasteiger partial charge is 0.329 e. The van der Waals surface area contributed by atoms with E-state index in [2.05, 4.69) is 27.2 Å². The van der Waals surface area contributed by atoms with E-state index in [4.69, 9.17) is 10.5 Å². The quantitative estimate of drug-likeness (QED) is 0.299. The number of nitrogen functional groups attached to an aromatic ring is 1. The fourth-order valence-electron chi connectivity index (χ4n) is 7.08. The highest BCUT2D eigenvalue weighted by atomic mass is 19.3. The molecule has 2 aliphatic heterocycles. The first-order valence-corrected chi connectivity index (χ1v) is 15.7. The molecule has 0 spiro atoms. The van der Waals surface area contributed by atoms with E-state index in [9.17, 15) is 23.2 Å². The second-order valence-corrected chi connectivity index (χ2v) is 12.5. The Morgan fingerprint density at radius 2 is 1.91 bits per heavy atom. The molecule has 3 aromatic rings. The molecule has 11 nitrogen and oxygen atoms in total. The molecule has 246 valence electrons. The number of ether oxygens (including phenoxy) is 1. The molecule has 1 unspecified atom stereocenters. The summed E-state index contributed by atoms with van der Waals surface area (Å²) in [5.41, 5.74) is 6.68. The van der Waals surface area contributed by atoms with Crippen molar-refractivity contribution in [3.05, 3.63) is 46.1 Å². The largest absolute Gasteiger partial charge is 0.396 e. The number of piperidine rings is 2. The second kappa shape index (κ2) is 13.3. The van der Waals surface area contributed by atoms with Gasteiger partial charge in [0.1, 0.15) is 18.8 Å². The summed E-state index contributed by atoms with van der Waals surface area (Å²) in [6.07, 6.45) is 1.48. The lowest BCUT2D eigenvalue weighted by Crippen LogP contribution is -2.47. The highest BCUT2D eigenvalue weighted by Crippen LogP contribution is 2.35. The molecule has 1 saturated carbocycles. The Kier molecular flexibility index (Phi) is 9.24. The number of amides is 2. The van der Waals surface area contributed by atoms with E-state index < -0.39 is 30.7 Å². The number of aromatic nitrogens is 4. The van der Waals surface area contributed by atoms with Gasteiger partial charge < -0.3 is 10.5 Å². The molecule has 2 aromatic heterocycles. The van der Waals surface area contributed by atoms with Crippen molar-refractivity contribution in [2.45, 2.75) is 75.7 Å². The minimum Gasteiger partial charge on any atom is -0.396 e. The zero-order chi connectivity index (χ0) is 32.5. The van der Waals surface area contributed by atoms with Crippen molar-refractivity contribution in [3.63, 3.8) is 0 Å². The van der Waals surface area contributed by atoms with Crippen molar-refractivity contribution in [2.24, 2.45) is 13.0 Å². The SMILES string of the molecule is Cn1c(=O)n(C2CCC(=O)NC2=O)c2cccc(C#CCO[C@@H]3CCN(C[C@H]4CC[C@H](n5cc(N)c(C(F)F)n5)CC4)C[C@H]3F)c21. The minimum atomic E-state index is -2.69. The maximum atomic E-state index is 15.1. The normalized spacial score (nSPS) is 25.9. The van der Waals surface area contributed by atoms with Gasteiger partial charge in [0.05, 0.1) is 34.4 Å². The van der Waals surface area contributed by atoms with Crippen LogP contribution in [0.5, 0.6) is 0 Å². The van der Waals surface area contributed by atoms with Crippen molar-refractivity contribution >= 4 is 28.5 Å². The van der Waals surface area contributed by atoms with Crippen LogP contribution >= 0.6 is 0 Å². The molecule has 1 aromatic carbocycles. The van der Waals surface area contributed by atoms with Crippen molar-refractivity contribution < 1.29 is 27.5 Å². The van der Waals surface area contributed by atoms with Gasteiger partial charge in [-0.25, -0.2) is 18.0 Å². The third-order valence-electron chi connectivity index (χ3n) is 9.49. The van der Waals surface area contributed by atoms with Crippen molar-refractivity contribution in [3.8, 4) is 11.8 Å². The van der Waals surface area contributed by atoms with Gasteiger partial charge in [0.25, 0.3) is 6.43 Å². The van der Waals surface area contributed by atoms with Crippen LogP contribution in [0, 0.1) is 17.8 Å². The summed E-state index contributed by atoms with van der Waals surface area (Å²) < 4.78 is 51.5. The Morgan fingerprint density at radius 1 is 1.13 bits per heavy atom. The summed E-state index contributed by atoms with van der Waals surface area (Å²) in [5, 5.41) is 6.31. The summed E-state index contributed by atoms with van der Waals surface area (Å²) in [6.45, 7) is 1.80. The summed E-state index contributed by atoms with van der Waals surface area (Å²) >= 11 is 0. The van der Waals surface area contributed by atoms with Crippen LogP contribution in [0.15, 0.2) is 29.2 Å². The number of hydrogen-bond donors (Lipinski definition) is 2. The highest BCUT2D eigenvalue weighted by Gasteiger charge is 2.33. The number of halogens is 3. The Hall–Kier alpha value is -4.09. The van der Waals surface area contributed by atoms with Crippen LogP contribution in [0.1, 0.15) is 74.7 Å². The van der Waals surface area contributed by atoms with Crippen molar-refractivity contribution in [1.29, 1.82) is 0 Å². The first-order valence-electron chi connectivity index (χ1n) is 15.7. The van der Waals surface area contributed by atoms with E-state index >= 15 is 4.39 Å². The Balaban J connectivity index is 1.00. The molecule has 3 atom stereocenters. The lowest BCUT2D eigenvalue weighted by molar-refractivity contribution is -0.135. The van der Waals surface area contributed by atoms with E-state index in [1.165, 1.54) is 15.3 Å². The Morgan fingerprint density at radius 3 is 2.61 bits per heavy atom. The third-order valence-corrected chi connectivity index (χ3v) is 9.49. The topological polar surface area (TPSA) is 129 Å². The van der Waals surface area contributed by atoms with E-state index in [0.29, 0.717) is 35.5 Å². The number of likely N-dealkylation sites (tertiary alicyclic amines) is 1. The molecule has 6 rings (SSSR count). The zero-order valence-corrected chi connectivity index (χ0v) is 25.6. The predicted octanol–water partition coefficient (Wildman–Crippen LogP) is 3.25. The fraction of sp³-hybridized carbons (Fsp3) is 0.562. The number of rotatable bonds is 7. The molecule has 2 saturated heterocycles. The maximum absolute atomic E-state index is 15.1. The average molecular weight is 642 g/mol. The first-order chi connectivity index (χ1) is 22.1. The van der Waals surface area contributed by atoms with Crippen LogP contribution in [0.2, 0.25) is 0 Å². The van der Waals surface area contributed by atoms with E-state index in [-0.39, 0.29) is 55.0 Å². The van der Waals surface area contributed by atoms with Crippen LogP contribution in [-0.4, -0.2) is 74.1 Å². The van der Waals surface area contributed by atoms with Crippen molar-refractivity contribution in [2.75, 3.05) is 32.0 Å². The average Bonchev–Trinajstić information content (AvgIpc) is 3.54. The molecular weight excluding hydrogens is 603 g/mol. The van der Waals surface area contributed by atoms with E-state index in [0.717, 1.165) is 32.2 Å². The molecule has 14 heteroatoms. The molecule has 1 aliphatic carbocycles. The summed E-state index contributed by atoms with van der Waals surface area (Å²) in [7, 11) is 1.61. The number of imidazole rings is 1. The number of alkyl halides is 3. The fourth-order valence-corrected chi connectivity index (χ4v) is 7.08. The number of nitrogens with two attached hydrogens (primary N) is 1. The van der Waals surface area contributed by atoms with E-state index in [1.54, 1.807) is 29.9 Å². The predicted molar refractivity (Wildman–Crippen MR) is 164 cm³/mol. The van der Waals surface area contributed by atoms with Gasteiger partial charge in [0, 0.05) is 39.3 Å². The van der Waals surface area contributed by atoms with Gasteiger partial charge in [0.2, 0.25) is 11.8 Å². The number of hydrogen-bond acceptors (Lipinski definition) is 7. The number of carbonyl (C=O) groups excluding carboxylic acids is 2. The third kappa shape index (κ3) is 6.43. The minimum absolute atomic E-state index is 0.0215. The number of nitrogens with zero attached hydrogens (tertiary/aromatic N) is 5. The Bertz CT molecular complexity index is 1730. The maximum Gasteiger partial charge on any atom is 0.329 e. The van der Waals surface area contributed by atoms with Crippen LogP contribution in [0.25, 0.3) is 11.0 Å². The number of benzene rings is 1. The molecule has 3 aliphatic rings. The number of imide groups is 1. The van der Waals surface area contributed by atoms with Gasteiger partial charge in [-0.05, 0) is 56.6 Å². The van der Waals surface area contributed by atoms with Gasteiger partial charge in [-0.15, -0.1) is 0 Å². The molecule has 46 heavy (non-hydrogen) atoms. The van der Waals surface area contributed by atoms with Gasteiger partial charge in [-0.1, -0.05) is 17.9 Å². The standard InChI is InChI=1S/C32H38F3N7O4/c1-39-29-20(4-2-6-24(29)42(32(39)45)25-11-12-27(43)37-31(25)44)5-3-15-46-26-13-14-40(17-22(26)33)16-19-7-9-21(10-8-19)41-18-23(36)28(38-41)30(34)35/h2,4,6,18-19,21-22,25-26,30H,7-17,36H2,1H3,(H,37,43,44)/t19-,21-,22-,25?,26-/m1/s1. The molecule has 2 amide bonds. The molecule has 3 fully saturated rings. The van der Waals surface area contributed by atoms with Gasteiger partial charge in [-0.3, -0.25) is 33.6 Å². The molecule has 3 N–H and O–H groups in total. The first kappa shape index (κ1) is 31.9. The zero-order valence-electron chi connectivity index (χ0n) is 25.6. The van der Waals surface area contributed by atoms with Crippen LogP contribution < -0.4 is 16.7 Å². The number of anilines is 1. The highest BCUT2D eigenvalue weighted by molar-refractivity contribution is 6.00. The van der Waals surface area contributed by atoms with Crippen LogP contribution in [-0.2, 0) is 21.4 Å².